The zero-order chi connectivity index (χ0) is 17.8. The summed E-state index contributed by atoms with van der Waals surface area (Å²) < 4.78 is 0. The van der Waals surface area contributed by atoms with Crippen molar-refractivity contribution in [3.8, 4) is 0 Å². The molecule has 0 spiro atoms. The van der Waals surface area contributed by atoms with Gasteiger partial charge in [-0.15, -0.1) is 0 Å². The lowest BCUT2D eigenvalue weighted by Gasteiger charge is -2.33. The van der Waals surface area contributed by atoms with Gasteiger partial charge < -0.3 is 15.1 Å². The third kappa shape index (κ3) is 4.08. The van der Waals surface area contributed by atoms with Gasteiger partial charge in [0.2, 0.25) is 5.95 Å². The Kier molecular flexibility index (Phi) is 5.50. The van der Waals surface area contributed by atoms with Gasteiger partial charge in [0.05, 0.1) is 5.56 Å². The van der Waals surface area contributed by atoms with Crippen LogP contribution in [0.1, 0.15) is 22.8 Å². The zero-order valence-electron chi connectivity index (χ0n) is 14.5. The van der Waals surface area contributed by atoms with E-state index < -0.39 is 0 Å². The lowest BCUT2D eigenvalue weighted by Crippen LogP contribution is -2.48. The maximum atomic E-state index is 12.6. The summed E-state index contributed by atoms with van der Waals surface area (Å²) in [6, 6.07) is 5.62. The van der Waals surface area contributed by atoms with Crippen LogP contribution in [0.25, 0.3) is 0 Å². The Bertz CT molecular complexity index is 742. The van der Waals surface area contributed by atoms with Crippen molar-refractivity contribution < 1.29 is 4.79 Å². The van der Waals surface area contributed by atoms with Crippen LogP contribution in [-0.4, -0.2) is 58.4 Å². The first-order chi connectivity index (χ1) is 12.1. The fourth-order valence-corrected chi connectivity index (χ4v) is 2.99. The van der Waals surface area contributed by atoms with Crippen molar-refractivity contribution in [2.24, 2.45) is 0 Å². The van der Waals surface area contributed by atoms with Crippen LogP contribution in [-0.2, 0) is 0 Å². The van der Waals surface area contributed by atoms with Crippen LogP contribution in [0, 0.1) is 6.92 Å². The summed E-state index contributed by atoms with van der Waals surface area (Å²) in [6.07, 6.45) is 3.15. The van der Waals surface area contributed by atoms with E-state index in [1.807, 2.05) is 30.0 Å². The maximum absolute atomic E-state index is 12.6. The lowest BCUT2D eigenvalue weighted by atomic mass is 10.2. The number of aromatic nitrogens is 2. The number of benzene rings is 1. The molecule has 2 aromatic rings. The number of piperazine rings is 1. The normalized spacial score (nSPS) is 15.2. The Hall–Kier alpha value is -2.18. The van der Waals surface area contributed by atoms with E-state index in [0.29, 0.717) is 16.5 Å². The lowest BCUT2D eigenvalue weighted by molar-refractivity contribution is 0.0642. The third-order valence-corrected chi connectivity index (χ3v) is 4.93. The van der Waals surface area contributed by atoms with Crippen LogP contribution in [0.4, 0.5) is 11.6 Å². The molecule has 132 valence electrons. The fourth-order valence-electron chi connectivity index (χ4n) is 2.82. The van der Waals surface area contributed by atoms with Gasteiger partial charge in [-0.1, -0.05) is 24.6 Å². The second-order valence-electron chi connectivity index (χ2n) is 6.06. The molecular weight excluding hydrogens is 338 g/mol. The largest absolute Gasteiger partial charge is 0.336 e. The Morgan fingerprint density at radius 3 is 2.52 bits per heavy atom. The first-order valence-electron chi connectivity index (χ1n) is 8.44. The first-order valence-corrected chi connectivity index (χ1v) is 8.82. The molecule has 0 saturated carbocycles. The average molecular weight is 360 g/mol. The number of amides is 1. The fraction of sp³-hybridized carbons (Fsp3) is 0.389. The van der Waals surface area contributed by atoms with E-state index in [1.54, 1.807) is 12.4 Å². The zero-order valence-corrected chi connectivity index (χ0v) is 15.3. The molecule has 1 fully saturated rings. The number of hydrogen-bond acceptors (Lipinski definition) is 5. The van der Waals surface area contributed by atoms with Crippen molar-refractivity contribution in [3.05, 3.63) is 46.7 Å². The summed E-state index contributed by atoms with van der Waals surface area (Å²) in [4.78, 5) is 25.3. The summed E-state index contributed by atoms with van der Waals surface area (Å²) in [5.74, 6) is 0.430. The molecule has 0 radical (unpaired) electrons. The molecule has 1 amide bonds. The number of anilines is 2. The van der Waals surface area contributed by atoms with Crippen molar-refractivity contribution in [2.75, 3.05) is 38.0 Å². The smallest absolute Gasteiger partial charge is 0.257 e. The van der Waals surface area contributed by atoms with Crippen LogP contribution in [0.3, 0.4) is 0 Å². The molecule has 25 heavy (non-hydrogen) atoms. The van der Waals surface area contributed by atoms with Gasteiger partial charge in [0.1, 0.15) is 0 Å². The molecule has 3 rings (SSSR count). The molecule has 1 aromatic carbocycles. The Balaban J connectivity index is 1.66. The van der Waals surface area contributed by atoms with Crippen LogP contribution >= 0.6 is 11.6 Å². The monoisotopic (exact) mass is 359 g/mol. The summed E-state index contributed by atoms with van der Waals surface area (Å²) in [5, 5.41) is 3.82. The number of carbonyl (C=O) groups excluding carboxylic acids is 1. The van der Waals surface area contributed by atoms with Crippen LogP contribution in [0.15, 0.2) is 30.6 Å². The van der Waals surface area contributed by atoms with Gasteiger partial charge >= 0.3 is 0 Å². The number of nitrogens with one attached hydrogen (secondary N) is 1. The molecule has 1 N–H and O–H groups in total. The minimum Gasteiger partial charge on any atom is -0.336 e. The molecule has 1 aliphatic heterocycles. The van der Waals surface area contributed by atoms with E-state index in [4.69, 9.17) is 11.6 Å². The average Bonchev–Trinajstić information content (AvgIpc) is 2.65. The molecule has 0 atom stereocenters. The van der Waals surface area contributed by atoms with Crippen molar-refractivity contribution in [1.82, 2.24) is 19.8 Å². The van der Waals surface area contributed by atoms with Gasteiger partial charge in [-0.2, -0.15) is 0 Å². The molecule has 0 aliphatic carbocycles. The standard InChI is InChI=1S/C18H22ClN5O/c1-3-23-7-9-24(10-8-23)17(25)14-11-20-18(21-12-14)22-16-6-4-5-15(19)13(16)2/h4-6,11-12H,3,7-10H2,1-2H3,(H,20,21,22). The predicted octanol–water partition coefficient (Wildman–Crippen LogP) is 2.96. The number of hydrogen-bond donors (Lipinski definition) is 1. The van der Waals surface area contributed by atoms with E-state index in [2.05, 4.69) is 27.1 Å². The highest BCUT2D eigenvalue weighted by atomic mass is 35.5. The molecule has 0 unspecified atom stereocenters. The summed E-state index contributed by atoms with van der Waals surface area (Å²) in [6.45, 7) is 8.40. The van der Waals surface area contributed by atoms with Crippen molar-refractivity contribution in [1.29, 1.82) is 0 Å². The first kappa shape index (κ1) is 17.6. The van der Waals surface area contributed by atoms with E-state index in [1.165, 1.54) is 0 Å². The number of rotatable bonds is 4. The molecule has 1 aromatic heterocycles. The van der Waals surface area contributed by atoms with E-state index in [9.17, 15) is 4.79 Å². The second kappa shape index (κ2) is 7.80. The van der Waals surface area contributed by atoms with Gasteiger partial charge in [-0.3, -0.25) is 4.79 Å². The van der Waals surface area contributed by atoms with Crippen molar-refractivity contribution >= 4 is 29.1 Å². The second-order valence-corrected chi connectivity index (χ2v) is 6.47. The van der Waals surface area contributed by atoms with Gasteiger partial charge in [0, 0.05) is 49.3 Å². The quantitative estimate of drug-likeness (QED) is 0.909. The highest BCUT2D eigenvalue weighted by molar-refractivity contribution is 6.31. The topological polar surface area (TPSA) is 61.4 Å². The third-order valence-electron chi connectivity index (χ3n) is 4.52. The maximum Gasteiger partial charge on any atom is 0.257 e. The van der Waals surface area contributed by atoms with E-state index >= 15 is 0 Å². The Morgan fingerprint density at radius 1 is 1.20 bits per heavy atom. The summed E-state index contributed by atoms with van der Waals surface area (Å²) in [7, 11) is 0. The molecule has 7 heteroatoms. The molecule has 2 heterocycles. The minimum absolute atomic E-state index is 0.0127. The van der Waals surface area contributed by atoms with Crippen LogP contribution in [0.5, 0.6) is 0 Å². The van der Waals surface area contributed by atoms with Crippen LogP contribution < -0.4 is 5.32 Å². The number of halogens is 1. The van der Waals surface area contributed by atoms with E-state index in [-0.39, 0.29) is 5.91 Å². The van der Waals surface area contributed by atoms with Gasteiger partial charge in [-0.05, 0) is 31.2 Å². The minimum atomic E-state index is -0.0127. The Morgan fingerprint density at radius 2 is 1.88 bits per heavy atom. The number of carbonyl (C=O) groups is 1. The number of likely N-dealkylation sites (N-methyl/N-ethyl adjacent to an activating group) is 1. The van der Waals surface area contributed by atoms with Crippen molar-refractivity contribution in [3.63, 3.8) is 0 Å². The van der Waals surface area contributed by atoms with Crippen LogP contribution in [0.2, 0.25) is 5.02 Å². The molecule has 6 nitrogen and oxygen atoms in total. The van der Waals surface area contributed by atoms with Gasteiger partial charge in [0.25, 0.3) is 5.91 Å². The Labute approximate surface area is 152 Å². The summed E-state index contributed by atoms with van der Waals surface area (Å²) >= 11 is 6.12. The van der Waals surface area contributed by atoms with E-state index in [0.717, 1.165) is 44.0 Å². The van der Waals surface area contributed by atoms with Gasteiger partial charge in [0.15, 0.2) is 0 Å². The van der Waals surface area contributed by atoms with Crippen molar-refractivity contribution in [2.45, 2.75) is 13.8 Å². The predicted molar refractivity (Wildman–Crippen MR) is 99.5 cm³/mol. The molecule has 1 saturated heterocycles. The molecule has 0 bridgehead atoms. The SMILES string of the molecule is CCN1CCN(C(=O)c2cnc(Nc3cccc(Cl)c3C)nc2)CC1. The summed E-state index contributed by atoms with van der Waals surface area (Å²) in [5.41, 5.74) is 2.29. The highest BCUT2D eigenvalue weighted by Gasteiger charge is 2.21. The molecular formula is C18H22ClN5O. The molecule has 1 aliphatic rings. The number of nitrogens with zero attached hydrogens (tertiary/aromatic N) is 4. The van der Waals surface area contributed by atoms with Gasteiger partial charge in [-0.25, -0.2) is 9.97 Å². The highest BCUT2D eigenvalue weighted by Crippen LogP contribution is 2.24.